The number of carbonyl (C=O) groups is 1. The number of methoxy groups -OCH3 is 2. The molecule has 1 amide bonds. The number of hydrogen-bond donors (Lipinski definition) is 0. The molecule has 1 fully saturated rings. The quantitative estimate of drug-likeness (QED) is 0.326. The first kappa shape index (κ1) is 33.4. The van der Waals surface area contributed by atoms with Gasteiger partial charge in [0, 0.05) is 62.3 Å². The Morgan fingerprint density at radius 1 is 1.02 bits per heavy atom. The van der Waals surface area contributed by atoms with Crippen LogP contribution in [0.1, 0.15) is 53.6 Å². The van der Waals surface area contributed by atoms with Gasteiger partial charge in [-0.15, -0.1) is 0 Å². The molecule has 5 rings (SSSR count). The number of aryl methyl sites for hydroxylation is 1. The van der Waals surface area contributed by atoms with Gasteiger partial charge in [-0.3, -0.25) is 14.5 Å². The van der Waals surface area contributed by atoms with Crippen LogP contribution < -0.4 is 19.9 Å². The van der Waals surface area contributed by atoms with Crippen LogP contribution in [-0.4, -0.2) is 73.4 Å². The molecule has 0 radical (unpaired) electrons. The van der Waals surface area contributed by atoms with Crippen molar-refractivity contribution in [3.8, 4) is 22.6 Å². The third-order valence-corrected chi connectivity index (χ3v) is 9.90. The molecule has 3 aromatic rings. The predicted molar refractivity (Wildman–Crippen MR) is 173 cm³/mol. The Bertz CT molecular complexity index is 1650. The van der Waals surface area contributed by atoms with Gasteiger partial charge in [-0.25, -0.2) is 0 Å². The maximum Gasteiger partial charge on any atom is 0.471 e. The summed E-state index contributed by atoms with van der Waals surface area (Å²) in [4.78, 5) is 30.1. The Morgan fingerprint density at radius 2 is 1.65 bits per heavy atom. The summed E-state index contributed by atoms with van der Waals surface area (Å²) in [6.07, 6.45) is -0.817. The van der Waals surface area contributed by atoms with E-state index in [1.54, 1.807) is 32.8 Å². The smallest absolute Gasteiger partial charge is 0.471 e. The van der Waals surface area contributed by atoms with Crippen LogP contribution in [0.25, 0.3) is 11.1 Å². The molecule has 2 aliphatic rings. The van der Waals surface area contributed by atoms with Gasteiger partial charge in [-0.1, -0.05) is 12.1 Å². The second-order valence-electron chi connectivity index (χ2n) is 12.5. The zero-order valence-electron chi connectivity index (χ0n) is 27.6. The number of fused-ring (bicyclic) bond motifs is 1. The van der Waals surface area contributed by atoms with Crippen LogP contribution in [-0.2, 0) is 24.8 Å². The normalized spacial score (nSPS) is 17.3. The lowest BCUT2D eigenvalue weighted by Gasteiger charge is -2.41. The molecular weight excluding hydrogens is 597 g/mol. The standard InChI is InChI=1S/C35H43F3N4O4/c1-21-22(2)33(43)40(5)19-28(21)24-17-31(45-6)29(32(18-24)46-7)20-39(4)25-11-14-41(15-12-25)30-10-8-9-26-23(3)42(16-13-27(26)30)34(44)35(36,37)38/h8-10,17-19,23,25H,11-16,20H2,1-7H3. The molecule has 0 N–H and O–H groups in total. The van der Waals surface area contributed by atoms with Crippen molar-refractivity contribution in [3.05, 3.63) is 74.7 Å². The Balaban J connectivity index is 1.31. The van der Waals surface area contributed by atoms with E-state index in [4.69, 9.17) is 9.47 Å². The summed E-state index contributed by atoms with van der Waals surface area (Å²) in [5.74, 6) is -0.347. The molecule has 1 unspecified atom stereocenters. The van der Waals surface area contributed by atoms with E-state index in [1.807, 2.05) is 50.4 Å². The highest BCUT2D eigenvalue weighted by atomic mass is 19.4. The number of carbonyl (C=O) groups excluding carboxylic acids is 1. The number of hydrogen-bond acceptors (Lipinski definition) is 6. The van der Waals surface area contributed by atoms with Gasteiger partial charge in [0.1, 0.15) is 11.5 Å². The van der Waals surface area contributed by atoms with Crippen LogP contribution in [0.5, 0.6) is 11.5 Å². The van der Waals surface area contributed by atoms with Crippen molar-refractivity contribution in [2.45, 2.75) is 64.8 Å². The van der Waals surface area contributed by atoms with Gasteiger partial charge < -0.3 is 23.8 Å². The Kier molecular flexibility index (Phi) is 9.45. The maximum absolute atomic E-state index is 13.2. The van der Waals surface area contributed by atoms with Gasteiger partial charge in [0.05, 0.1) is 25.8 Å². The number of aromatic nitrogens is 1. The maximum atomic E-state index is 13.2. The molecule has 1 aromatic heterocycles. The van der Waals surface area contributed by atoms with Crippen LogP contribution in [0.2, 0.25) is 0 Å². The average molecular weight is 641 g/mol. The third-order valence-electron chi connectivity index (χ3n) is 9.90. The summed E-state index contributed by atoms with van der Waals surface area (Å²) < 4.78 is 52.9. The summed E-state index contributed by atoms with van der Waals surface area (Å²) in [6.45, 7) is 7.75. The Hall–Kier alpha value is -3.99. The lowest BCUT2D eigenvalue weighted by Crippen LogP contribution is -2.46. The fourth-order valence-electron chi connectivity index (χ4n) is 7.07. The second kappa shape index (κ2) is 13.0. The van der Waals surface area contributed by atoms with E-state index in [2.05, 4.69) is 16.8 Å². The predicted octanol–water partition coefficient (Wildman–Crippen LogP) is 5.80. The van der Waals surface area contributed by atoms with Crippen LogP contribution in [0.15, 0.2) is 41.3 Å². The molecule has 248 valence electrons. The number of pyridine rings is 1. The number of alkyl halides is 3. The largest absolute Gasteiger partial charge is 0.496 e. The van der Waals surface area contributed by atoms with Gasteiger partial charge in [0.2, 0.25) is 0 Å². The van der Waals surface area contributed by atoms with E-state index < -0.39 is 18.1 Å². The monoisotopic (exact) mass is 640 g/mol. The van der Waals surface area contributed by atoms with Crippen LogP contribution in [0, 0.1) is 13.8 Å². The van der Waals surface area contributed by atoms with Gasteiger partial charge in [0.25, 0.3) is 5.56 Å². The molecule has 8 nitrogen and oxygen atoms in total. The number of nitrogens with zero attached hydrogens (tertiary/aromatic N) is 4. The molecule has 1 saturated heterocycles. The fourth-order valence-corrected chi connectivity index (χ4v) is 7.07. The van der Waals surface area contributed by atoms with Crippen molar-refractivity contribution in [1.82, 2.24) is 14.4 Å². The topological polar surface area (TPSA) is 67.2 Å². The number of benzene rings is 2. The molecule has 2 aliphatic heterocycles. The summed E-state index contributed by atoms with van der Waals surface area (Å²) in [6, 6.07) is 9.43. The average Bonchev–Trinajstić information content (AvgIpc) is 3.04. The van der Waals surface area contributed by atoms with E-state index >= 15 is 0 Å². The van der Waals surface area contributed by atoms with Gasteiger partial charge in [-0.05, 0) is 87.5 Å². The summed E-state index contributed by atoms with van der Waals surface area (Å²) in [5, 5.41) is 0. The molecule has 46 heavy (non-hydrogen) atoms. The molecule has 0 aliphatic carbocycles. The number of piperidine rings is 1. The highest BCUT2D eigenvalue weighted by Gasteiger charge is 2.45. The molecule has 1 atom stereocenters. The van der Waals surface area contributed by atoms with Crippen LogP contribution >= 0.6 is 0 Å². The summed E-state index contributed by atoms with van der Waals surface area (Å²) in [7, 11) is 7.16. The lowest BCUT2D eigenvalue weighted by atomic mass is 9.90. The molecule has 0 spiro atoms. The Morgan fingerprint density at radius 3 is 2.24 bits per heavy atom. The van der Waals surface area contributed by atoms with Crippen molar-refractivity contribution in [1.29, 1.82) is 0 Å². The number of ether oxygens (including phenoxy) is 2. The minimum Gasteiger partial charge on any atom is -0.496 e. The minimum atomic E-state index is -4.88. The number of rotatable bonds is 7. The van der Waals surface area contributed by atoms with Crippen LogP contribution in [0.4, 0.5) is 18.9 Å². The highest BCUT2D eigenvalue weighted by molar-refractivity contribution is 5.83. The first-order valence-electron chi connectivity index (χ1n) is 15.6. The van der Waals surface area contributed by atoms with Crippen molar-refractivity contribution in [2.24, 2.45) is 7.05 Å². The molecule has 11 heteroatoms. The van der Waals surface area contributed by atoms with E-state index in [0.29, 0.717) is 36.1 Å². The second-order valence-corrected chi connectivity index (χ2v) is 12.5. The van der Waals surface area contributed by atoms with Crippen molar-refractivity contribution in [3.63, 3.8) is 0 Å². The zero-order valence-corrected chi connectivity index (χ0v) is 27.6. The van der Waals surface area contributed by atoms with E-state index in [0.717, 1.165) is 69.9 Å². The molecule has 0 saturated carbocycles. The van der Waals surface area contributed by atoms with Gasteiger partial charge >= 0.3 is 12.1 Å². The number of anilines is 1. The van der Waals surface area contributed by atoms with E-state index in [-0.39, 0.29) is 12.1 Å². The third kappa shape index (κ3) is 6.21. The zero-order chi connectivity index (χ0) is 33.5. The number of halogens is 3. The van der Waals surface area contributed by atoms with Crippen molar-refractivity contribution >= 4 is 11.6 Å². The number of amides is 1. The SMILES string of the molecule is COc1cc(-c2cn(C)c(=O)c(C)c2C)cc(OC)c1CN(C)C1CCN(c2cccc3c2CCN(C(=O)C(F)(F)F)C3C)CC1. The van der Waals surface area contributed by atoms with Gasteiger partial charge in [-0.2, -0.15) is 13.2 Å². The summed E-state index contributed by atoms with van der Waals surface area (Å²) in [5.41, 5.74) is 7.28. The van der Waals surface area contributed by atoms with E-state index in [1.165, 1.54) is 0 Å². The first-order valence-corrected chi connectivity index (χ1v) is 15.6. The van der Waals surface area contributed by atoms with Crippen molar-refractivity contribution in [2.75, 3.05) is 45.8 Å². The molecular formula is C35H43F3N4O4. The Labute approximate surface area is 268 Å². The minimum absolute atomic E-state index is 0.0183. The summed E-state index contributed by atoms with van der Waals surface area (Å²) >= 11 is 0. The first-order chi connectivity index (χ1) is 21.8. The molecule has 2 aromatic carbocycles. The molecule has 0 bridgehead atoms. The van der Waals surface area contributed by atoms with Crippen molar-refractivity contribution < 1.29 is 27.4 Å². The fraction of sp³-hybridized carbons (Fsp3) is 0.486. The highest BCUT2D eigenvalue weighted by Crippen LogP contribution is 2.40. The lowest BCUT2D eigenvalue weighted by molar-refractivity contribution is -0.188. The van der Waals surface area contributed by atoms with E-state index in [9.17, 15) is 22.8 Å². The molecule has 3 heterocycles. The van der Waals surface area contributed by atoms with Crippen LogP contribution in [0.3, 0.4) is 0 Å². The van der Waals surface area contributed by atoms with Gasteiger partial charge in [0.15, 0.2) is 0 Å².